The second kappa shape index (κ2) is 6.10. The largest absolute Gasteiger partial charge is 0.393 e. The number of carbonyl (C=O) groups excluding carboxylic acids is 1. The number of thiocarbonyl (C=S) groups is 1. The highest BCUT2D eigenvalue weighted by Gasteiger charge is 2.08. The summed E-state index contributed by atoms with van der Waals surface area (Å²) >= 11 is 4.74. The Kier molecular flexibility index (Phi) is 4.25. The molecule has 3 N–H and O–H groups in total. The van der Waals surface area contributed by atoms with Crippen LogP contribution in [0.25, 0.3) is 5.69 Å². The summed E-state index contributed by atoms with van der Waals surface area (Å²) in [4.78, 5) is 12.2. The monoisotopic (exact) mass is 274 g/mol. The Labute approximate surface area is 116 Å². The van der Waals surface area contributed by atoms with Crippen LogP contribution in [-0.4, -0.2) is 27.2 Å². The Morgan fingerprint density at radius 2 is 2.11 bits per heavy atom. The van der Waals surface area contributed by atoms with E-state index in [1.807, 2.05) is 30.3 Å². The lowest BCUT2D eigenvalue weighted by atomic mass is 10.3. The third-order valence-corrected chi connectivity index (χ3v) is 2.73. The van der Waals surface area contributed by atoms with Gasteiger partial charge in [-0.1, -0.05) is 30.4 Å². The Bertz CT molecular complexity index is 579. The second-order valence-electron chi connectivity index (χ2n) is 3.98. The molecule has 1 heterocycles. The number of nitrogens with zero attached hydrogens (tertiary/aromatic N) is 2. The minimum atomic E-state index is -0.182. The molecule has 2 rings (SSSR count). The molecule has 98 valence electrons. The predicted molar refractivity (Wildman–Crippen MR) is 77.3 cm³/mol. The van der Waals surface area contributed by atoms with E-state index in [1.165, 1.54) is 6.20 Å². The van der Waals surface area contributed by atoms with Crippen LogP contribution in [0.15, 0.2) is 42.7 Å². The van der Waals surface area contributed by atoms with Gasteiger partial charge >= 0.3 is 0 Å². The fourth-order valence-electron chi connectivity index (χ4n) is 1.56. The number of hydrogen-bond acceptors (Lipinski definition) is 3. The molecule has 0 fully saturated rings. The summed E-state index contributed by atoms with van der Waals surface area (Å²) in [5.41, 5.74) is 6.77. The van der Waals surface area contributed by atoms with Crippen LogP contribution in [0.2, 0.25) is 0 Å². The molecule has 0 spiro atoms. The lowest BCUT2D eigenvalue weighted by Crippen LogP contribution is -2.27. The van der Waals surface area contributed by atoms with Gasteiger partial charge in [-0.3, -0.25) is 4.79 Å². The van der Waals surface area contributed by atoms with Gasteiger partial charge in [0.25, 0.3) is 5.91 Å². The van der Waals surface area contributed by atoms with Gasteiger partial charge < -0.3 is 11.1 Å². The molecule has 1 amide bonds. The highest BCUT2D eigenvalue weighted by atomic mass is 32.1. The molecule has 5 nitrogen and oxygen atoms in total. The van der Waals surface area contributed by atoms with E-state index in [-0.39, 0.29) is 5.91 Å². The normalized spacial score (nSPS) is 10.1. The van der Waals surface area contributed by atoms with Gasteiger partial charge in [0.05, 0.1) is 22.4 Å². The average Bonchev–Trinajstić information content (AvgIpc) is 2.89. The van der Waals surface area contributed by atoms with Gasteiger partial charge in [-0.25, -0.2) is 4.68 Å². The lowest BCUT2D eigenvalue weighted by Gasteiger charge is -2.02. The molecule has 19 heavy (non-hydrogen) atoms. The van der Waals surface area contributed by atoms with Crippen molar-refractivity contribution in [2.45, 2.75) is 6.42 Å². The SMILES string of the molecule is NC(=S)CCNC(=O)c1cnn(-c2ccccc2)c1. The summed E-state index contributed by atoms with van der Waals surface area (Å²) in [7, 11) is 0. The average molecular weight is 274 g/mol. The van der Waals surface area contributed by atoms with Crippen LogP contribution in [0.4, 0.5) is 0 Å². The van der Waals surface area contributed by atoms with Crippen molar-refractivity contribution in [2.75, 3.05) is 6.54 Å². The van der Waals surface area contributed by atoms with Gasteiger partial charge in [0.15, 0.2) is 0 Å². The second-order valence-corrected chi connectivity index (χ2v) is 4.51. The van der Waals surface area contributed by atoms with Crippen LogP contribution in [0, 0.1) is 0 Å². The molecule has 1 aromatic carbocycles. The molecule has 1 aromatic heterocycles. The highest BCUT2D eigenvalue weighted by molar-refractivity contribution is 7.80. The molecule has 0 radical (unpaired) electrons. The summed E-state index contributed by atoms with van der Waals surface area (Å²) in [5.74, 6) is -0.182. The highest BCUT2D eigenvalue weighted by Crippen LogP contribution is 2.07. The molecule has 0 bridgehead atoms. The number of nitrogens with two attached hydrogens (primary N) is 1. The van der Waals surface area contributed by atoms with Crippen molar-refractivity contribution < 1.29 is 4.79 Å². The predicted octanol–water partition coefficient (Wildman–Crippen LogP) is 1.28. The summed E-state index contributed by atoms with van der Waals surface area (Å²) in [5, 5.41) is 6.89. The minimum absolute atomic E-state index is 0.182. The van der Waals surface area contributed by atoms with Crippen LogP contribution in [0.5, 0.6) is 0 Å². The summed E-state index contributed by atoms with van der Waals surface area (Å²) in [6, 6.07) is 9.59. The van der Waals surface area contributed by atoms with Crippen LogP contribution in [0.3, 0.4) is 0 Å². The fourth-order valence-corrected chi connectivity index (χ4v) is 1.67. The number of amides is 1. The first-order valence-corrected chi connectivity index (χ1v) is 6.24. The zero-order chi connectivity index (χ0) is 13.7. The third-order valence-electron chi connectivity index (χ3n) is 2.52. The van der Waals surface area contributed by atoms with Crippen molar-refractivity contribution >= 4 is 23.1 Å². The van der Waals surface area contributed by atoms with Gasteiger partial charge in [0.1, 0.15) is 0 Å². The number of benzene rings is 1. The zero-order valence-electron chi connectivity index (χ0n) is 10.2. The Morgan fingerprint density at radius 1 is 1.37 bits per heavy atom. The zero-order valence-corrected chi connectivity index (χ0v) is 11.1. The van der Waals surface area contributed by atoms with Crippen molar-refractivity contribution in [3.63, 3.8) is 0 Å². The number of aromatic nitrogens is 2. The summed E-state index contributed by atoms with van der Waals surface area (Å²) in [6.07, 6.45) is 3.71. The van der Waals surface area contributed by atoms with Gasteiger partial charge in [0.2, 0.25) is 0 Å². The molecule has 0 saturated heterocycles. The van der Waals surface area contributed by atoms with Crippen molar-refractivity contribution in [1.82, 2.24) is 15.1 Å². The van der Waals surface area contributed by atoms with Crippen molar-refractivity contribution in [3.05, 3.63) is 48.3 Å². The Balaban J connectivity index is 2.01. The van der Waals surface area contributed by atoms with E-state index in [2.05, 4.69) is 10.4 Å². The van der Waals surface area contributed by atoms with E-state index in [9.17, 15) is 4.79 Å². The molecule has 0 aliphatic rings. The Hall–Kier alpha value is -2.21. The molecule has 0 atom stereocenters. The summed E-state index contributed by atoms with van der Waals surface area (Å²) < 4.78 is 1.66. The standard InChI is InChI=1S/C13H14N4OS/c14-12(19)6-7-15-13(18)10-8-16-17(9-10)11-4-2-1-3-5-11/h1-5,8-9H,6-7H2,(H2,14,19)(H,15,18). The number of para-hydroxylation sites is 1. The van der Waals surface area contributed by atoms with Gasteiger partial charge in [-0.15, -0.1) is 0 Å². The number of nitrogens with one attached hydrogen (secondary N) is 1. The molecule has 0 aliphatic heterocycles. The van der Waals surface area contributed by atoms with Gasteiger partial charge in [-0.2, -0.15) is 5.10 Å². The Morgan fingerprint density at radius 3 is 2.79 bits per heavy atom. The summed E-state index contributed by atoms with van der Waals surface area (Å²) in [6.45, 7) is 0.435. The first-order chi connectivity index (χ1) is 9.16. The van der Waals surface area contributed by atoms with E-state index >= 15 is 0 Å². The third kappa shape index (κ3) is 3.62. The van der Waals surface area contributed by atoms with Gasteiger partial charge in [-0.05, 0) is 12.1 Å². The van der Waals surface area contributed by atoms with Crippen LogP contribution >= 0.6 is 12.2 Å². The van der Waals surface area contributed by atoms with E-state index in [1.54, 1.807) is 10.9 Å². The van der Waals surface area contributed by atoms with Crippen LogP contribution in [-0.2, 0) is 0 Å². The smallest absolute Gasteiger partial charge is 0.254 e. The molecule has 0 aliphatic carbocycles. The first-order valence-electron chi connectivity index (χ1n) is 5.83. The van der Waals surface area contributed by atoms with E-state index in [4.69, 9.17) is 18.0 Å². The number of hydrogen-bond donors (Lipinski definition) is 2. The molecule has 6 heteroatoms. The van der Waals surface area contributed by atoms with E-state index < -0.39 is 0 Å². The number of carbonyl (C=O) groups is 1. The molecule has 2 aromatic rings. The van der Waals surface area contributed by atoms with E-state index in [0.29, 0.717) is 23.5 Å². The maximum absolute atomic E-state index is 11.8. The first kappa shape index (κ1) is 13.2. The molecular formula is C13H14N4OS. The van der Waals surface area contributed by atoms with Crippen molar-refractivity contribution in [3.8, 4) is 5.69 Å². The lowest BCUT2D eigenvalue weighted by molar-refractivity contribution is 0.0955. The van der Waals surface area contributed by atoms with E-state index in [0.717, 1.165) is 5.69 Å². The quantitative estimate of drug-likeness (QED) is 0.806. The maximum Gasteiger partial charge on any atom is 0.254 e. The van der Waals surface area contributed by atoms with Crippen LogP contribution < -0.4 is 11.1 Å². The van der Waals surface area contributed by atoms with Crippen molar-refractivity contribution in [2.24, 2.45) is 5.73 Å². The van der Waals surface area contributed by atoms with Crippen molar-refractivity contribution in [1.29, 1.82) is 0 Å². The fraction of sp³-hybridized carbons (Fsp3) is 0.154. The maximum atomic E-state index is 11.8. The molecular weight excluding hydrogens is 260 g/mol. The molecule has 0 saturated carbocycles. The molecule has 0 unspecified atom stereocenters. The minimum Gasteiger partial charge on any atom is -0.393 e. The number of rotatable bonds is 5. The van der Waals surface area contributed by atoms with Gasteiger partial charge in [0, 0.05) is 19.2 Å². The topological polar surface area (TPSA) is 72.9 Å². The van der Waals surface area contributed by atoms with Crippen LogP contribution in [0.1, 0.15) is 16.8 Å².